The summed E-state index contributed by atoms with van der Waals surface area (Å²) in [6, 6.07) is 2.35. The number of carbonyl (C=O) groups is 2. The first-order chi connectivity index (χ1) is 14.4. The van der Waals surface area contributed by atoms with Crippen LogP contribution in [0.4, 0.5) is 5.82 Å². The number of nitrogens with zero attached hydrogens (tertiary/aromatic N) is 1. The summed E-state index contributed by atoms with van der Waals surface area (Å²) in [6.45, 7) is 5.42. The third kappa shape index (κ3) is 5.10. The predicted octanol–water partition coefficient (Wildman–Crippen LogP) is 0.608. The van der Waals surface area contributed by atoms with Crippen molar-refractivity contribution in [2.45, 2.75) is 70.6 Å². The van der Waals surface area contributed by atoms with E-state index < -0.39 is 11.9 Å². The number of piperidine rings is 1. The summed E-state index contributed by atoms with van der Waals surface area (Å²) >= 11 is 0. The molecule has 0 amide bonds. The molecular formula is C22H35N3O5+2. The van der Waals surface area contributed by atoms with Crippen LogP contribution in [-0.4, -0.2) is 62.0 Å². The van der Waals surface area contributed by atoms with Crippen LogP contribution >= 0.6 is 0 Å². The zero-order chi connectivity index (χ0) is 21.7. The topological polar surface area (TPSA) is 107 Å². The van der Waals surface area contributed by atoms with E-state index in [0.29, 0.717) is 34.7 Å². The molecule has 0 bridgehead atoms. The molecular weight excluding hydrogens is 386 g/mol. The number of nitrogens with two attached hydrogens (primary N) is 1. The number of quaternary nitrogens is 1. The van der Waals surface area contributed by atoms with Gasteiger partial charge in [0.2, 0.25) is 0 Å². The molecule has 2 fully saturated rings. The van der Waals surface area contributed by atoms with Crippen LogP contribution in [0, 0.1) is 6.92 Å². The van der Waals surface area contributed by atoms with Gasteiger partial charge in [-0.25, -0.2) is 14.6 Å². The molecule has 1 saturated carbocycles. The Bertz CT molecular complexity index is 761. The van der Waals surface area contributed by atoms with Gasteiger partial charge in [-0.05, 0) is 32.8 Å². The molecule has 0 spiro atoms. The molecule has 8 heteroatoms. The van der Waals surface area contributed by atoms with E-state index in [1.807, 2.05) is 0 Å². The van der Waals surface area contributed by atoms with E-state index in [4.69, 9.17) is 9.47 Å². The minimum Gasteiger partial charge on any atom is -0.465 e. The minimum atomic E-state index is -0.486. The van der Waals surface area contributed by atoms with Gasteiger partial charge in [0.15, 0.2) is 0 Å². The lowest BCUT2D eigenvalue weighted by molar-refractivity contribution is -0.731. The number of carbonyl (C=O) groups excluding carboxylic acids is 2. The van der Waals surface area contributed by atoms with E-state index in [-0.39, 0.29) is 12.7 Å². The number of aromatic nitrogens is 1. The maximum absolute atomic E-state index is 12.6. The van der Waals surface area contributed by atoms with Crippen LogP contribution in [0.2, 0.25) is 0 Å². The molecule has 1 saturated heterocycles. The number of rotatable bonds is 6. The summed E-state index contributed by atoms with van der Waals surface area (Å²) in [7, 11) is 1.32. The molecule has 3 rings (SSSR count). The second-order valence-electron chi connectivity index (χ2n) is 8.31. The second kappa shape index (κ2) is 10.2. The van der Waals surface area contributed by atoms with Gasteiger partial charge >= 0.3 is 11.9 Å². The minimum absolute atomic E-state index is 0.200. The van der Waals surface area contributed by atoms with Crippen molar-refractivity contribution in [3.63, 3.8) is 0 Å². The maximum atomic E-state index is 12.6. The Hall–Kier alpha value is -2.19. The first-order valence-corrected chi connectivity index (χ1v) is 11.0. The highest BCUT2D eigenvalue weighted by molar-refractivity contribution is 5.98. The van der Waals surface area contributed by atoms with Crippen molar-refractivity contribution in [2.24, 2.45) is 0 Å². The number of pyridine rings is 1. The molecule has 1 aliphatic carbocycles. The fraction of sp³-hybridized carbons (Fsp3) is 0.682. The zero-order valence-corrected chi connectivity index (χ0v) is 18.3. The number of aromatic amines is 1. The van der Waals surface area contributed by atoms with Crippen molar-refractivity contribution >= 4 is 17.8 Å². The molecule has 30 heavy (non-hydrogen) atoms. The summed E-state index contributed by atoms with van der Waals surface area (Å²) in [5.74, 6) is -0.247. The first kappa shape index (κ1) is 22.5. The van der Waals surface area contributed by atoms with Crippen molar-refractivity contribution in [2.75, 3.05) is 31.7 Å². The monoisotopic (exact) mass is 421 g/mol. The lowest BCUT2D eigenvalue weighted by Crippen LogP contribution is -2.98. The molecule has 2 heterocycles. The van der Waals surface area contributed by atoms with Crippen molar-refractivity contribution in [1.82, 2.24) is 0 Å². The van der Waals surface area contributed by atoms with E-state index in [2.05, 4.69) is 15.2 Å². The van der Waals surface area contributed by atoms with Gasteiger partial charge in [0.1, 0.15) is 29.0 Å². The van der Waals surface area contributed by atoms with Crippen LogP contribution < -0.4 is 15.2 Å². The van der Waals surface area contributed by atoms with E-state index >= 15 is 0 Å². The SMILES string of the molecule is CCOC(=O)c1cc(C(=O)OC)c(C)[nH+]c1N1CCC([NH2+][C@H]2CCCC[C@@H]2O)CC1. The highest BCUT2D eigenvalue weighted by Gasteiger charge is 2.35. The number of H-pyrrole nitrogens is 1. The lowest BCUT2D eigenvalue weighted by Gasteiger charge is -2.32. The average molecular weight is 422 g/mol. The molecule has 4 N–H and O–H groups in total. The fourth-order valence-electron chi connectivity index (χ4n) is 4.60. The predicted molar refractivity (Wildman–Crippen MR) is 110 cm³/mol. The summed E-state index contributed by atoms with van der Waals surface area (Å²) in [6.07, 6.45) is 6.04. The number of ether oxygens (including phenoxy) is 2. The van der Waals surface area contributed by atoms with Gasteiger partial charge in [-0.3, -0.25) is 4.90 Å². The number of esters is 2. The van der Waals surface area contributed by atoms with Crippen molar-refractivity contribution < 1.29 is 34.5 Å². The zero-order valence-electron chi connectivity index (χ0n) is 18.3. The Kier molecular flexibility index (Phi) is 7.66. The molecule has 2 aliphatic rings. The van der Waals surface area contributed by atoms with Gasteiger partial charge in [0.25, 0.3) is 5.82 Å². The van der Waals surface area contributed by atoms with Crippen LogP contribution in [0.25, 0.3) is 0 Å². The number of nitrogens with one attached hydrogen (secondary N) is 1. The molecule has 166 valence electrons. The number of aliphatic hydroxyl groups is 1. The van der Waals surface area contributed by atoms with Gasteiger partial charge in [-0.1, -0.05) is 6.42 Å². The molecule has 1 aromatic rings. The Morgan fingerprint density at radius 3 is 2.50 bits per heavy atom. The third-order valence-electron chi connectivity index (χ3n) is 6.31. The molecule has 0 radical (unpaired) electrons. The standard InChI is InChI=1S/C22H33N3O5/c1-4-30-22(28)17-13-16(21(27)29-3)14(2)23-20(17)25-11-9-15(10-12-25)24-18-7-5-6-8-19(18)26/h13,15,18-19,24,26H,4-12H2,1-3H3/p+2/t18-,19-/m0/s1. The van der Waals surface area contributed by atoms with E-state index in [1.54, 1.807) is 19.9 Å². The fourth-order valence-corrected chi connectivity index (χ4v) is 4.60. The summed E-state index contributed by atoms with van der Waals surface area (Å²) < 4.78 is 10.1. The first-order valence-electron chi connectivity index (χ1n) is 11.0. The largest absolute Gasteiger partial charge is 0.465 e. The van der Waals surface area contributed by atoms with Gasteiger partial charge < -0.3 is 19.9 Å². The number of hydrogen-bond donors (Lipinski definition) is 2. The van der Waals surface area contributed by atoms with Crippen LogP contribution in [0.3, 0.4) is 0 Å². The average Bonchev–Trinajstić information content (AvgIpc) is 2.75. The van der Waals surface area contributed by atoms with E-state index in [9.17, 15) is 14.7 Å². The Balaban J connectivity index is 1.74. The van der Waals surface area contributed by atoms with Crippen molar-refractivity contribution in [3.05, 3.63) is 22.9 Å². The third-order valence-corrected chi connectivity index (χ3v) is 6.31. The maximum Gasteiger partial charge on any atom is 0.346 e. The van der Waals surface area contributed by atoms with E-state index in [0.717, 1.165) is 45.2 Å². The van der Waals surface area contributed by atoms with Crippen LogP contribution in [0.5, 0.6) is 0 Å². The molecule has 0 unspecified atom stereocenters. The number of aliphatic hydroxyl groups excluding tert-OH is 1. The molecule has 1 aromatic heterocycles. The highest BCUT2D eigenvalue weighted by Crippen LogP contribution is 2.23. The van der Waals surface area contributed by atoms with Gasteiger partial charge in [0, 0.05) is 19.3 Å². The summed E-state index contributed by atoms with van der Waals surface area (Å²) in [4.78, 5) is 30.1. The van der Waals surface area contributed by atoms with Crippen LogP contribution in [0.15, 0.2) is 6.07 Å². The number of aryl methyl sites for hydroxylation is 1. The van der Waals surface area contributed by atoms with E-state index in [1.165, 1.54) is 13.5 Å². The number of hydrogen-bond acceptors (Lipinski definition) is 6. The Morgan fingerprint density at radius 1 is 1.17 bits per heavy atom. The Morgan fingerprint density at radius 2 is 1.87 bits per heavy atom. The van der Waals surface area contributed by atoms with Crippen LogP contribution in [0.1, 0.15) is 71.9 Å². The van der Waals surface area contributed by atoms with Gasteiger partial charge in [-0.15, -0.1) is 0 Å². The quantitative estimate of drug-likeness (QED) is 0.652. The second-order valence-corrected chi connectivity index (χ2v) is 8.31. The molecule has 2 atom stereocenters. The molecule has 0 aromatic carbocycles. The summed E-state index contributed by atoms with van der Waals surface area (Å²) in [5, 5.41) is 12.6. The normalized spacial score (nSPS) is 22.6. The van der Waals surface area contributed by atoms with Crippen molar-refractivity contribution in [3.8, 4) is 0 Å². The highest BCUT2D eigenvalue weighted by atomic mass is 16.5. The smallest absolute Gasteiger partial charge is 0.346 e. The van der Waals surface area contributed by atoms with Gasteiger partial charge in [-0.2, -0.15) is 0 Å². The lowest BCUT2D eigenvalue weighted by atomic mass is 9.91. The molecule has 1 aliphatic heterocycles. The van der Waals surface area contributed by atoms with Crippen molar-refractivity contribution in [1.29, 1.82) is 0 Å². The summed E-state index contributed by atoms with van der Waals surface area (Å²) in [5.41, 5.74) is 1.34. The molecule has 8 nitrogen and oxygen atoms in total. The number of anilines is 1. The Labute approximate surface area is 177 Å². The van der Waals surface area contributed by atoms with Crippen LogP contribution in [-0.2, 0) is 9.47 Å². The number of methoxy groups -OCH3 is 1. The van der Waals surface area contributed by atoms with Gasteiger partial charge in [0.05, 0.1) is 32.8 Å².